The van der Waals surface area contributed by atoms with Crippen molar-refractivity contribution in [3.8, 4) is 11.3 Å². The van der Waals surface area contributed by atoms with Gasteiger partial charge < -0.3 is 9.32 Å². The highest BCUT2D eigenvalue weighted by molar-refractivity contribution is 6.08. The minimum atomic E-state index is 0.00520. The van der Waals surface area contributed by atoms with Crippen molar-refractivity contribution in [2.75, 3.05) is 4.90 Å². The number of furan rings is 1. The molecule has 0 N–H and O–H groups in total. The Labute approximate surface area is 297 Å². The van der Waals surface area contributed by atoms with Crippen LogP contribution in [0.4, 0.5) is 11.6 Å². The fourth-order valence-corrected chi connectivity index (χ4v) is 9.58. The van der Waals surface area contributed by atoms with Crippen molar-refractivity contribution in [2.24, 2.45) is 5.92 Å². The van der Waals surface area contributed by atoms with Gasteiger partial charge in [-0.15, -0.1) is 0 Å². The number of rotatable bonds is 3. The van der Waals surface area contributed by atoms with Crippen LogP contribution in [0.15, 0.2) is 137 Å². The first-order chi connectivity index (χ1) is 25.0. The normalized spacial score (nSPS) is 22.2. The highest BCUT2D eigenvalue weighted by atomic mass is 16.3. The van der Waals surface area contributed by atoms with Crippen molar-refractivity contribution in [1.82, 2.24) is 9.97 Å². The first kappa shape index (κ1) is 29.0. The largest absolute Gasteiger partial charge is 0.456 e. The van der Waals surface area contributed by atoms with Gasteiger partial charge in [0.1, 0.15) is 11.2 Å². The predicted molar refractivity (Wildman–Crippen MR) is 208 cm³/mol. The summed E-state index contributed by atoms with van der Waals surface area (Å²) >= 11 is 0. The van der Waals surface area contributed by atoms with Gasteiger partial charge in [0.25, 0.3) is 0 Å². The van der Waals surface area contributed by atoms with Crippen molar-refractivity contribution in [2.45, 2.75) is 50.5 Å². The van der Waals surface area contributed by atoms with Crippen LogP contribution in [0.3, 0.4) is 0 Å². The molecule has 0 bridgehead atoms. The monoisotopic (exact) mass is 659 g/mol. The van der Waals surface area contributed by atoms with Gasteiger partial charge >= 0.3 is 0 Å². The maximum absolute atomic E-state index is 6.71. The Bertz CT molecular complexity index is 2720. The fourth-order valence-electron chi connectivity index (χ4n) is 9.58. The minimum Gasteiger partial charge on any atom is -0.456 e. The molecule has 6 aromatic rings. The Hall–Kier alpha value is -5.74. The van der Waals surface area contributed by atoms with Crippen molar-refractivity contribution in [3.63, 3.8) is 0 Å². The summed E-state index contributed by atoms with van der Waals surface area (Å²) in [6.45, 7) is 4.79. The van der Waals surface area contributed by atoms with E-state index >= 15 is 0 Å². The topological polar surface area (TPSA) is 42.2 Å². The van der Waals surface area contributed by atoms with E-state index in [-0.39, 0.29) is 17.4 Å². The van der Waals surface area contributed by atoms with Gasteiger partial charge in [0.15, 0.2) is 0 Å². The zero-order chi connectivity index (χ0) is 33.8. The van der Waals surface area contributed by atoms with E-state index in [1.165, 1.54) is 27.8 Å². The van der Waals surface area contributed by atoms with Crippen molar-refractivity contribution >= 4 is 51.3 Å². The lowest BCUT2D eigenvalue weighted by atomic mass is 9.73. The van der Waals surface area contributed by atoms with Crippen LogP contribution in [0.25, 0.3) is 50.9 Å². The molecule has 0 radical (unpaired) electrons. The Morgan fingerprint density at radius 1 is 0.784 bits per heavy atom. The van der Waals surface area contributed by atoms with E-state index in [0.29, 0.717) is 5.92 Å². The van der Waals surface area contributed by atoms with E-state index in [1.54, 1.807) is 5.57 Å². The van der Waals surface area contributed by atoms with Gasteiger partial charge in [0.2, 0.25) is 5.95 Å². The summed E-state index contributed by atoms with van der Waals surface area (Å²) in [4.78, 5) is 13.2. The van der Waals surface area contributed by atoms with Crippen LogP contribution in [0.1, 0.15) is 55.7 Å². The molecule has 4 aliphatic carbocycles. The number of nitrogens with zero attached hydrogens (tertiary/aromatic N) is 3. The van der Waals surface area contributed by atoms with Crippen LogP contribution >= 0.6 is 0 Å². The average Bonchev–Trinajstić information content (AvgIpc) is 3.80. The second kappa shape index (κ2) is 10.6. The van der Waals surface area contributed by atoms with Crippen LogP contribution in [0, 0.1) is 5.92 Å². The van der Waals surface area contributed by atoms with Crippen LogP contribution in [-0.4, -0.2) is 16.0 Å². The number of anilines is 2. The Kier molecular flexibility index (Phi) is 6.05. The maximum Gasteiger partial charge on any atom is 0.231 e. The summed E-state index contributed by atoms with van der Waals surface area (Å²) in [6, 6.07) is 32.4. The molecule has 3 unspecified atom stereocenters. The summed E-state index contributed by atoms with van der Waals surface area (Å²) in [5.41, 5.74) is 13.5. The van der Waals surface area contributed by atoms with Gasteiger partial charge in [-0.05, 0) is 59.7 Å². The van der Waals surface area contributed by atoms with Gasteiger partial charge in [0, 0.05) is 44.4 Å². The molecule has 2 aromatic heterocycles. The van der Waals surface area contributed by atoms with E-state index < -0.39 is 0 Å². The lowest BCUT2D eigenvalue weighted by Crippen LogP contribution is -2.38. The van der Waals surface area contributed by atoms with Gasteiger partial charge in [-0.1, -0.05) is 135 Å². The fraction of sp³-hybridized carbons (Fsp3) is 0.191. The molecule has 11 rings (SSSR count). The predicted octanol–water partition coefficient (Wildman–Crippen LogP) is 9.82. The lowest BCUT2D eigenvalue weighted by molar-refractivity contribution is 0.573. The molecule has 0 spiro atoms. The van der Waals surface area contributed by atoms with E-state index in [2.05, 4.69) is 152 Å². The molecule has 0 saturated carbocycles. The van der Waals surface area contributed by atoms with Crippen LogP contribution in [0.5, 0.6) is 0 Å². The molecule has 4 heteroatoms. The second-order valence-electron chi connectivity index (χ2n) is 15.1. The highest BCUT2D eigenvalue weighted by Gasteiger charge is 2.44. The molecule has 3 heterocycles. The smallest absolute Gasteiger partial charge is 0.231 e. The third-order valence-corrected chi connectivity index (χ3v) is 12.1. The van der Waals surface area contributed by atoms with Crippen molar-refractivity contribution in [3.05, 3.63) is 160 Å². The summed E-state index contributed by atoms with van der Waals surface area (Å²) in [5.74, 6) is 1.13. The SMILES string of the molecule is CC1(C)C2=C(C=CC(C3=CC4C(C=C3)c3c(ccc5c3oc3ccccc35)N4c3nc(-c4ccccc4)c4c(n3)=CCCC=4)C2)c2ccccc21. The maximum atomic E-state index is 6.71. The van der Waals surface area contributed by atoms with Crippen LogP contribution in [-0.2, 0) is 5.41 Å². The second-order valence-corrected chi connectivity index (χ2v) is 15.1. The number of hydrogen-bond donors (Lipinski definition) is 0. The molecule has 246 valence electrons. The van der Waals surface area contributed by atoms with E-state index in [0.717, 1.165) is 74.7 Å². The van der Waals surface area contributed by atoms with E-state index in [9.17, 15) is 0 Å². The molecule has 4 nitrogen and oxygen atoms in total. The minimum absolute atomic E-state index is 0.00520. The summed E-state index contributed by atoms with van der Waals surface area (Å²) < 4.78 is 6.71. The quantitative estimate of drug-likeness (QED) is 0.190. The van der Waals surface area contributed by atoms with Crippen molar-refractivity contribution in [1.29, 1.82) is 0 Å². The summed E-state index contributed by atoms with van der Waals surface area (Å²) in [7, 11) is 0. The first-order valence-electron chi connectivity index (χ1n) is 18.3. The molecule has 51 heavy (non-hydrogen) atoms. The molecule has 3 atom stereocenters. The highest BCUT2D eigenvalue weighted by Crippen LogP contribution is 2.54. The van der Waals surface area contributed by atoms with Crippen LogP contribution < -0.4 is 15.5 Å². The summed E-state index contributed by atoms with van der Waals surface area (Å²) in [5, 5.41) is 4.47. The average molecular weight is 660 g/mol. The number of aromatic nitrogens is 2. The molecule has 0 fully saturated rings. The van der Waals surface area contributed by atoms with E-state index in [1.807, 2.05) is 0 Å². The molecular formula is C47H37N3O. The molecule has 0 amide bonds. The number of para-hydroxylation sites is 1. The third kappa shape index (κ3) is 4.14. The lowest BCUT2D eigenvalue weighted by Gasteiger charge is -2.33. The first-order valence-corrected chi connectivity index (χ1v) is 18.3. The molecule has 0 saturated heterocycles. The standard InChI is InChI=1S/C47H37N3O/c1-47(2)37-17-9-6-14-31(37)32-22-20-29(26-38(32)47)30-21-23-36-41(27-30)50(40-25-24-34-33-15-8-11-19-42(33)51-45(34)43(36)40)46-48-39-18-10-7-16-35(39)44(49-46)28-12-4-3-5-13-28/h3-6,8-9,11-25,27,29,36,41H,7,10,26H2,1-2H3. The number of hydrogen-bond acceptors (Lipinski definition) is 4. The van der Waals surface area contributed by atoms with Gasteiger partial charge in [-0.25, -0.2) is 9.97 Å². The summed E-state index contributed by atoms with van der Waals surface area (Å²) in [6.07, 6.45) is 19.7. The molecule has 4 aromatic carbocycles. The number of benzene rings is 4. The number of allylic oxidation sites excluding steroid dienone is 6. The zero-order valence-electron chi connectivity index (χ0n) is 28.8. The molecule has 5 aliphatic rings. The molecular weight excluding hydrogens is 623 g/mol. The Morgan fingerprint density at radius 3 is 2.53 bits per heavy atom. The number of fused-ring (bicyclic) bond motifs is 10. The van der Waals surface area contributed by atoms with Gasteiger partial charge in [-0.2, -0.15) is 0 Å². The van der Waals surface area contributed by atoms with Gasteiger partial charge in [-0.3, -0.25) is 0 Å². The van der Waals surface area contributed by atoms with Crippen molar-refractivity contribution < 1.29 is 4.42 Å². The Morgan fingerprint density at radius 2 is 1.61 bits per heavy atom. The van der Waals surface area contributed by atoms with Crippen LogP contribution in [0.2, 0.25) is 0 Å². The molecule has 1 aliphatic heterocycles. The van der Waals surface area contributed by atoms with E-state index in [4.69, 9.17) is 14.4 Å². The van der Waals surface area contributed by atoms with Gasteiger partial charge in [0.05, 0.1) is 22.8 Å². The Balaban J connectivity index is 1.08. The zero-order valence-corrected chi connectivity index (χ0v) is 28.8. The third-order valence-electron chi connectivity index (χ3n) is 12.1.